The van der Waals surface area contributed by atoms with Crippen LogP contribution in [0, 0.1) is 11.7 Å². The molecule has 156 valence electrons. The molecule has 5 rings (SSSR count). The molecule has 3 aromatic rings. The van der Waals surface area contributed by atoms with E-state index in [4.69, 9.17) is 4.98 Å². The highest BCUT2D eigenvalue weighted by molar-refractivity contribution is 5.96. The smallest absolute Gasteiger partial charge is 0.227 e. The highest BCUT2D eigenvalue weighted by atomic mass is 19.1. The highest BCUT2D eigenvalue weighted by Gasteiger charge is 2.35. The number of carbonyl (C=O) groups is 1. The molecule has 2 heterocycles. The van der Waals surface area contributed by atoms with Gasteiger partial charge < -0.3 is 9.47 Å². The zero-order chi connectivity index (χ0) is 20.5. The van der Waals surface area contributed by atoms with E-state index in [1.165, 1.54) is 38.2 Å². The van der Waals surface area contributed by atoms with E-state index in [0.717, 1.165) is 35.7 Å². The molecule has 2 fully saturated rings. The monoisotopic (exact) mass is 405 g/mol. The Hall–Kier alpha value is -2.69. The second-order valence-corrected chi connectivity index (χ2v) is 8.76. The summed E-state index contributed by atoms with van der Waals surface area (Å²) in [5.41, 5.74) is 2.49. The van der Waals surface area contributed by atoms with Crippen molar-refractivity contribution in [1.29, 1.82) is 0 Å². The topological polar surface area (TPSA) is 38.1 Å². The number of anilines is 1. The van der Waals surface area contributed by atoms with E-state index in [2.05, 4.69) is 16.7 Å². The molecule has 0 spiro atoms. The normalized spacial score (nSPS) is 20.4. The van der Waals surface area contributed by atoms with Crippen LogP contribution in [0.15, 0.2) is 48.5 Å². The molecule has 1 saturated carbocycles. The maximum Gasteiger partial charge on any atom is 0.227 e. The van der Waals surface area contributed by atoms with Crippen LogP contribution in [0.25, 0.3) is 11.0 Å². The lowest BCUT2D eigenvalue weighted by molar-refractivity contribution is -0.117. The maximum absolute atomic E-state index is 14.3. The number of hydrogen-bond acceptors (Lipinski definition) is 2. The molecule has 2 aromatic carbocycles. The van der Waals surface area contributed by atoms with Gasteiger partial charge in [-0.3, -0.25) is 4.79 Å². The van der Waals surface area contributed by atoms with Gasteiger partial charge in [0.05, 0.1) is 16.7 Å². The zero-order valence-electron chi connectivity index (χ0n) is 17.3. The van der Waals surface area contributed by atoms with Crippen molar-refractivity contribution in [3.05, 3.63) is 60.2 Å². The number of rotatable bonds is 5. The Morgan fingerprint density at radius 1 is 1.00 bits per heavy atom. The number of nitrogens with zero attached hydrogens (tertiary/aromatic N) is 3. The maximum atomic E-state index is 14.3. The number of carbonyl (C=O) groups excluding carboxylic acids is 1. The average molecular weight is 406 g/mol. The van der Waals surface area contributed by atoms with Gasteiger partial charge in [-0.2, -0.15) is 0 Å². The summed E-state index contributed by atoms with van der Waals surface area (Å²) in [6.07, 6.45) is 8.24. The second kappa shape index (κ2) is 8.21. The summed E-state index contributed by atoms with van der Waals surface area (Å²) < 4.78 is 16.6. The van der Waals surface area contributed by atoms with Crippen LogP contribution < -0.4 is 4.90 Å². The number of imidazole rings is 1. The van der Waals surface area contributed by atoms with Gasteiger partial charge in [-0.05, 0) is 36.6 Å². The first-order valence-corrected chi connectivity index (χ1v) is 11.2. The fourth-order valence-electron chi connectivity index (χ4n) is 5.21. The molecule has 0 radical (unpaired) electrons. The summed E-state index contributed by atoms with van der Waals surface area (Å²) in [5.74, 6) is 1.36. The van der Waals surface area contributed by atoms with E-state index >= 15 is 0 Å². The number of aromatic nitrogens is 2. The standard InChI is InChI=1S/C25H28FN3O/c26-20-10-4-6-12-22(20)29-17-19(16-24(29)30)25-27-21-11-5-7-13-23(21)28(25)15-14-18-8-2-1-3-9-18/h4-7,10-13,18-19H,1-3,8-9,14-17H2/t19-/m0/s1. The first-order chi connectivity index (χ1) is 14.7. The Labute approximate surface area is 176 Å². The van der Waals surface area contributed by atoms with Crippen LogP contribution in [0.1, 0.15) is 56.7 Å². The number of benzene rings is 2. The molecule has 0 unspecified atom stereocenters. The van der Waals surface area contributed by atoms with Gasteiger partial charge in [0.15, 0.2) is 0 Å². The minimum Gasteiger partial charge on any atom is -0.328 e. The Morgan fingerprint density at radius 2 is 1.77 bits per heavy atom. The summed E-state index contributed by atoms with van der Waals surface area (Å²) in [6.45, 7) is 1.41. The van der Waals surface area contributed by atoms with Gasteiger partial charge in [0.2, 0.25) is 5.91 Å². The number of fused-ring (bicyclic) bond motifs is 1. The summed E-state index contributed by atoms with van der Waals surface area (Å²) >= 11 is 0. The summed E-state index contributed by atoms with van der Waals surface area (Å²) in [4.78, 5) is 19.3. The van der Waals surface area contributed by atoms with Crippen LogP contribution >= 0.6 is 0 Å². The molecule has 0 N–H and O–H groups in total. The molecule has 5 heteroatoms. The lowest BCUT2D eigenvalue weighted by Crippen LogP contribution is -2.25. The molecular formula is C25H28FN3O. The number of aryl methyl sites for hydroxylation is 1. The van der Waals surface area contributed by atoms with Gasteiger partial charge in [0, 0.05) is 25.4 Å². The van der Waals surface area contributed by atoms with E-state index < -0.39 is 0 Å². The summed E-state index contributed by atoms with van der Waals surface area (Å²) in [6, 6.07) is 14.8. The molecule has 1 aliphatic heterocycles. The molecule has 1 saturated heterocycles. The number of hydrogen-bond donors (Lipinski definition) is 0. The molecule has 1 aliphatic carbocycles. The summed E-state index contributed by atoms with van der Waals surface area (Å²) in [5, 5.41) is 0. The molecule has 1 aromatic heterocycles. The molecule has 2 aliphatic rings. The van der Waals surface area contributed by atoms with E-state index in [9.17, 15) is 9.18 Å². The van der Waals surface area contributed by atoms with Gasteiger partial charge in [-0.25, -0.2) is 9.37 Å². The minimum atomic E-state index is -0.350. The van der Waals surface area contributed by atoms with Crippen molar-refractivity contribution < 1.29 is 9.18 Å². The number of para-hydroxylation sites is 3. The molecule has 1 atom stereocenters. The predicted molar refractivity (Wildman–Crippen MR) is 117 cm³/mol. The van der Waals surface area contributed by atoms with Crippen molar-refractivity contribution >= 4 is 22.6 Å². The predicted octanol–water partition coefficient (Wildman–Crippen LogP) is 5.67. The molecular weight excluding hydrogens is 377 g/mol. The molecule has 4 nitrogen and oxygen atoms in total. The summed E-state index contributed by atoms with van der Waals surface area (Å²) in [7, 11) is 0. The fourth-order valence-corrected chi connectivity index (χ4v) is 5.21. The Bertz CT molecular complexity index is 1050. The third-order valence-corrected chi connectivity index (χ3v) is 6.80. The van der Waals surface area contributed by atoms with Crippen molar-refractivity contribution in [2.45, 2.75) is 57.4 Å². The number of halogens is 1. The van der Waals surface area contributed by atoms with Crippen molar-refractivity contribution in [3.8, 4) is 0 Å². The SMILES string of the molecule is O=C1C[C@H](c2nc3ccccc3n2CCC2CCCCC2)CN1c1ccccc1F. The number of amides is 1. The second-order valence-electron chi connectivity index (χ2n) is 8.76. The Morgan fingerprint density at radius 3 is 2.60 bits per heavy atom. The van der Waals surface area contributed by atoms with Crippen molar-refractivity contribution in [1.82, 2.24) is 9.55 Å². The van der Waals surface area contributed by atoms with Gasteiger partial charge in [-0.1, -0.05) is 56.4 Å². The lowest BCUT2D eigenvalue weighted by Gasteiger charge is -2.23. The van der Waals surface area contributed by atoms with Crippen LogP contribution in [-0.2, 0) is 11.3 Å². The average Bonchev–Trinajstić information content (AvgIpc) is 3.34. The van der Waals surface area contributed by atoms with Crippen LogP contribution in [0.3, 0.4) is 0 Å². The first kappa shape index (κ1) is 19.3. The van der Waals surface area contributed by atoms with Crippen LogP contribution in [0.2, 0.25) is 0 Å². The van der Waals surface area contributed by atoms with E-state index in [0.29, 0.717) is 18.7 Å². The van der Waals surface area contributed by atoms with E-state index in [1.54, 1.807) is 23.1 Å². The quantitative estimate of drug-likeness (QED) is 0.549. The third-order valence-electron chi connectivity index (χ3n) is 6.80. The van der Waals surface area contributed by atoms with Crippen LogP contribution in [-0.4, -0.2) is 22.0 Å². The van der Waals surface area contributed by atoms with Crippen LogP contribution in [0.5, 0.6) is 0 Å². The van der Waals surface area contributed by atoms with E-state index in [1.807, 2.05) is 12.1 Å². The van der Waals surface area contributed by atoms with Crippen molar-refractivity contribution in [3.63, 3.8) is 0 Å². The Kier molecular flexibility index (Phi) is 5.28. The third kappa shape index (κ3) is 3.62. The van der Waals surface area contributed by atoms with Crippen molar-refractivity contribution in [2.75, 3.05) is 11.4 Å². The zero-order valence-corrected chi connectivity index (χ0v) is 17.3. The van der Waals surface area contributed by atoms with Gasteiger partial charge in [-0.15, -0.1) is 0 Å². The van der Waals surface area contributed by atoms with Crippen molar-refractivity contribution in [2.24, 2.45) is 5.92 Å². The largest absolute Gasteiger partial charge is 0.328 e. The Balaban J connectivity index is 1.43. The minimum absolute atomic E-state index is 0.0177. The van der Waals surface area contributed by atoms with Crippen LogP contribution in [0.4, 0.5) is 10.1 Å². The fraction of sp³-hybridized carbons (Fsp3) is 0.440. The van der Waals surface area contributed by atoms with Gasteiger partial charge in [0.1, 0.15) is 11.6 Å². The van der Waals surface area contributed by atoms with E-state index in [-0.39, 0.29) is 17.6 Å². The van der Waals surface area contributed by atoms with Gasteiger partial charge >= 0.3 is 0 Å². The first-order valence-electron chi connectivity index (χ1n) is 11.2. The molecule has 30 heavy (non-hydrogen) atoms. The van der Waals surface area contributed by atoms with Gasteiger partial charge in [0.25, 0.3) is 0 Å². The molecule has 0 bridgehead atoms. The molecule has 1 amide bonds. The highest BCUT2D eigenvalue weighted by Crippen LogP contribution is 2.35. The lowest BCUT2D eigenvalue weighted by atomic mass is 9.87.